The van der Waals surface area contributed by atoms with Gasteiger partial charge in [0, 0.05) is 0 Å². The Hall–Kier alpha value is -2.08. The molecule has 0 bridgehead atoms. The van der Waals surface area contributed by atoms with Crippen molar-refractivity contribution in [2.24, 2.45) is 0 Å². The van der Waals surface area contributed by atoms with E-state index in [9.17, 15) is 0 Å². The molecule has 0 unspecified atom stereocenters. The van der Waals surface area contributed by atoms with E-state index >= 15 is 0 Å². The summed E-state index contributed by atoms with van der Waals surface area (Å²) in [5.41, 5.74) is 4.87. The Morgan fingerprint density at radius 1 is 0.941 bits per heavy atom. The van der Waals surface area contributed by atoms with Gasteiger partial charge in [-0.2, -0.15) is 0 Å². The summed E-state index contributed by atoms with van der Waals surface area (Å²) in [6, 6.07) is 19.0. The summed E-state index contributed by atoms with van der Waals surface area (Å²) in [7, 11) is 0. The summed E-state index contributed by atoms with van der Waals surface area (Å²) < 4.78 is 0. The maximum Gasteiger partial charge on any atom is -0.0178 e. The van der Waals surface area contributed by atoms with Crippen LogP contribution in [0.3, 0.4) is 0 Å². The van der Waals surface area contributed by atoms with Crippen molar-refractivity contribution >= 4 is 5.57 Å². The lowest BCUT2D eigenvalue weighted by Gasteiger charge is -2.06. The minimum absolute atomic E-state index is 1.17. The van der Waals surface area contributed by atoms with Crippen LogP contribution in [0.2, 0.25) is 0 Å². The minimum atomic E-state index is 1.17. The fourth-order valence-electron chi connectivity index (χ4n) is 1.91. The number of hydrogen-bond donors (Lipinski definition) is 0. The molecule has 0 N–H and O–H groups in total. The van der Waals surface area contributed by atoms with Crippen LogP contribution in [0.4, 0.5) is 0 Å². The van der Waals surface area contributed by atoms with Crippen LogP contribution in [0, 0.1) is 0 Å². The average Bonchev–Trinajstić information content (AvgIpc) is 2.42. The highest BCUT2D eigenvalue weighted by atomic mass is 14.0. The fraction of sp³-hybridized carbons (Fsp3) is 0.0588. The van der Waals surface area contributed by atoms with E-state index in [4.69, 9.17) is 0 Å². The molecule has 0 radical (unpaired) electrons. The van der Waals surface area contributed by atoms with Crippen molar-refractivity contribution in [2.45, 2.75) is 6.92 Å². The van der Waals surface area contributed by atoms with Gasteiger partial charge in [0.15, 0.2) is 0 Å². The zero-order chi connectivity index (χ0) is 12.1. The van der Waals surface area contributed by atoms with Crippen molar-refractivity contribution in [3.05, 3.63) is 78.9 Å². The highest BCUT2D eigenvalue weighted by Gasteiger charge is 2.00. The molecule has 0 heterocycles. The van der Waals surface area contributed by atoms with Gasteiger partial charge in [-0.05, 0) is 35.3 Å². The summed E-state index contributed by atoms with van der Waals surface area (Å²) >= 11 is 0. The van der Waals surface area contributed by atoms with Crippen LogP contribution in [0.15, 0.2) is 73.3 Å². The Morgan fingerprint density at radius 3 is 2.29 bits per heavy atom. The number of rotatable bonds is 3. The SMILES string of the molecule is C=C/C(=C\C)c1cccc(-c2ccccc2)c1. The highest BCUT2D eigenvalue weighted by molar-refractivity contribution is 5.77. The van der Waals surface area contributed by atoms with Gasteiger partial charge in [-0.25, -0.2) is 0 Å². The van der Waals surface area contributed by atoms with Crippen molar-refractivity contribution in [3.63, 3.8) is 0 Å². The molecule has 17 heavy (non-hydrogen) atoms. The molecule has 0 saturated carbocycles. The Balaban J connectivity index is 2.45. The summed E-state index contributed by atoms with van der Waals surface area (Å²) in [4.78, 5) is 0. The molecule has 0 aliphatic carbocycles. The summed E-state index contributed by atoms with van der Waals surface area (Å²) in [6.07, 6.45) is 3.97. The van der Waals surface area contributed by atoms with E-state index in [1.165, 1.54) is 22.3 Å². The van der Waals surface area contributed by atoms with Gasteiger partial charge in [0.05, 0.1) is 0 Å². The Morgan fingerprint density at radius 2 is 1.65 bits per heavy atom. The maximum atomic E-state index is 3.84. The van der Waals surface area contributed by atoms with Gasteiger partial charge < -0.3 is 0 Å². The van der Waals surface area contributed by atoms with E-state index < -0.39 is 0 Å². The molecule has 0 nitrogen and oxygen atoms in total. The third-order valence-corrected chi connectivity index (χ3v) is 2.83. The zero-order valence-corrected chi connectivity index (χ0v) is 10.1. The molecular weight excluding hydrogens is 204 g/mol. The summed E-state index contributed by atoms with van der Waals surface area (Å²) in [5.74, 6) is 0. The monoisotopic (exact) mass is 220 g/mol. The predicted octanol–water partition coefficient (Wildman–Crippen LogP) is 4.94. The van der Waals surface area contributed by atoms with Crippen molar-refractivity contribution in [2.75, 3.05) is 0 Å². The molecule has 0 spiro atoms. The van der Waals surface area contributed by atoms with Gasteiger partial charge in [0.2, 0.25) is 0 Å². The lowest BCUT2D eigenvalue weighted by molar-refractivity contribution is 1.57. The molecule has 0 aromatic heterocycles. The second-order valence-electron chi connectivity index (χ2n) is 3.89. The van der Waals surface area contributed by atoms with Gasteiger partial charge in [-0.3, -0.25) is 0 Å². The molecule has 0 heteroatoms. The zero-order valence-electron chi connectivity index (χ0n) is 10.1. The number of benzene rings is 2. The fourth-order valence-corrected chi connectivity index (χ4v) is 1.91. The van der Waals surface area contributed by atoms with Gasteiger partial charge in [-0.1, -0.05) is 67.3 Å². The predicted molar refractivity (Wildman–Crippen MR) is 75.7 cm³/mol. The standard InChI is InChI=1S/C17H16/c1-3-14(4-2)16-11-8-12-17(13-16)15-9-6-5-7-10-15/h3-13H,1H2,2H3/b14-4+. The van der Waals surface area contributed by atoms with Crippen molar-refractivity contribution in [1.82, 2.24) is 0 Å². The Bertz CT molecular complexity index is 533. The second-order valence-corrected chi connectivity index (χ2v) is 3.89. The molecule has 2 rings (SSSR count). The van der Waals surface area contributed by atoms with Crippen LogP contribution in [0.25, 0.3) is 16.7 Å². The van der Waals surface area contributed by atoms with Crippen LogP contribution in [-0.4, -0.2) is 0 Å². The number of allylic oxidation sites excluding steroid dienone is 3. The molecule has 0 amide bonds. The van der Waals surface area contributed by atoms with Crippen LogP contribution in [0.1, 0.15) is 12.5 Å². The molecule has 0 saturated heterocycles. The highest BCUT2D eigenvalue weighted by Crippen LogP contribution is 2.23. The lowest BCUT2D eigenvalue weighted by atomic mass is 9.99. The average molecular weight is 220 g/mol. The van der Waals surface area contributed by atoms with Crippen LogP contribution < -0.4 is 0 Å². The number of hydrogen-bond acceptors (Lipinski definition) is 0. The molecule has 0 aliphatic heterocycles. The Labute approximate surface area is 103 Å². The smallest absolute Gasteiger partial charge is 0.0178 e. The summed E-state index contributed by atoms with van der Waals surface area (Å²) in [5, 5.41) is 0. The van der Waals surface area contributed by atoms with E-state index in [-0.39, 0.29) is 0 Å². The molecule has 0 atom stereocenters. The van der Waals surface area contributed by atoms with Gasteiger partial charge >= 0.3 is 0 Å². The van der Waals surface area contributed by atoms with Crippen molar-refractivity contribution < 1.29 is 0 Å². The van der Waals surface area contributed by atoms with Crippen LogP contribution in [-0.2, 0) is 0 Å². The van der Waals surface area contributed by atoms with Gasteiger partial charge in [0.25, 0.3) is 0 Å². The topological polar surface area (TPSA) is 0 Å². The quantitative estimate of drug-likeness (QED) is 0.642. The van der Waals surface area contributed by atoms with E-state index in [0.717, 1.165) is 0 Å². The largest absolute Gasteiger partial charge is 0.0985 e. The molecule has 84 valence electrons. The van der Waals surface area contributed by atoms with E-state index in [1.54, 1.807) is 0 Å². The van der Waals surface area contributed by atoms with Gasteiger partial charge in [0.1, 0.15) is 0 Å². The maximum absolute atomic E-state index is 3.84. The third kappa shape index (κ3) is 2.54. The first-order valence-electron chi connectivity index (χ1n) is 5.79. The third-order valence-electron chi connectivity index (χ3n) is 2.83. The van der Waals surface area contributed by atoms with Crippen LogP contribution >= 0.6 is 0 Å². The Kier molecular flexibility index (Phi) is 3.56. The second kappa shape index (κ2) is 5.31. The van der Waals surface area contributed by atoms with Crippen LogP contribution in [0.5, 0.6) is 0 Å². The first kappa shape index (κ1) is 11.4. The van der Waals surface area contributed by atoms with E-state index in [0.29, 0.717) is 0 Å². The lowest BCUT2D eigenvalue weighted by Crippen LogP contribution is -1.83. The normalized spacial score (nSPS) is 11.2. The molecule has 0 fully saturated rings. The van der Waals surface area contributed by atoms with E-state index in [2.05, 4.69) is 61.2 Å². The van der Waals surface area contributed by atoms with Crippen molar-refractivity contribution in [1.29, 1.82) is 0 Å². The minimum Gasteiger partial charge on any atom is -0.0985 e. The molecule has 0 aliphatic rings. The summed E-state index contributed by atoms with van der Waals surface area (Å²) in [6.45, 7) is 5.88. The van der Waals surface area contributed by atoms with Crippen molar-refractivity contribution in [3.8, 4) is 11.1 Å². The molecule has 2 aromatic carbocycles. The van der Waals surface area contributed by atoms with E-state index in [1.807, 2.05) is 19.1 Å². The molecule has 2 aromatic rings. The first-order valence-corrected chi connectivity index (χ1v) is 5.79. The molecular formula is C17H16. The first-order chi connectivity index (χ1) is 8.35. The van der Waals surface area contributed by atoms with Gasteiger partial charge in [-0.15, -0.1) is 0 Å².